The van der Waals surface area contributed by atoms with Crippen molar-refractivity contribution in [1.29, 1.82) is 0 Å². The molecule has 2 heterocycles. The molecule has 0 radical (unpaired) electrons. The van der Waals surface area contributed by atoms with E-state index in [4.69, 9.17) is 9.47 Å². The number of aromatic amines is 1. The molecule has 0 spiro atoms. The Kier molecular flexibility index (Phi) is 4.67. The molecular weight excluding hydrogens is 392 g/mol. The minimum atomic E-state index is -0.410. The first-order chi connectivity index (χ1) is 15.2. The number of imidazole rings is 1. The number of para-hydroxylation sites is 2. The van der Waals surface area contributed by atoms with Crippen molar-refractivity contribution in [2.45, 2.75) is 13.2 Å². The van der Waals surface area contributed by atoms with Crippen LogP contribution in [0.15, 0.2) is 77.6 Å². The van der Waals surface area contributed by atoms with Crippen LogP contribution < -0.4 is 10.4 Å². The van der Waals surface area contributed by atoms with Crippen LogP contribution in [0.25, 0.3) is 16.6 Å². The van der Waals surface area contributed by atoms with Crippen LogP contribution >= 0.6 is 0 Å². The number of carbonyl (C=O) groups excluding carboxylic acids is 1. The second-order valence-corrected chi connectivity index (χ2v) is 7.32. The maximum Gasteiger partial charge on any atom is 0.337 e. The first-order valence-electron chi connectivity index (χ1n) is 9.97. The zero-order valence-corrected chi connectivity index (χ0v) is 16.9. The van der Waals surface area contributed by atoms with Crippen LogP contribution in [0.5, 0.6) is 5.75 Å². The molecule has 1 aliphatic rings. The van der Waals surface area contributed by atoms with Crippen molar-refractivity contribution in [1.82, 2.24) is 9.55 Å². The first kappa shape index (κ1) is 18.9. The Morgan fingerprint density at radius 2 is 1.90 bits per heavy atom. The minimum absolute atomic E-state index is 0.167. The smallest absolute Gasteiger partial charge is 0.337 e. The molecule has 31 heavy (non-hydrogen) atoms. The number of aromatic nitrogens is 2. The first-order valence-corrected chi connectivity index (χ1v) is 9.97. The minimum Gasteiger partial charge on any atom is -0.488 e. The van der Waals surface area contributed by atoms with Gasteiger partial charge in [0, 0.05) is 12.1 Å². The van der Waals surface area contributed by atoms with Gasteiger partial charge in [-0.3, -0.25) is 4.57 Å². The van der Waals surface area contributed by atoms with Crippen molar-refractivity contribution in [3.63, 3.8) is 0 Å². The van der Waals surface area contributed by atoms with E-state index in [0.29, 0.717) is 24.5 Å². The van der Waals surface area contributed by atoms with Gasteiger partial charge in [0.05, 0.1) is 23.7 Å². The molecule has 154 valence electrons. The Morgan fingerprint density at radius 1 is 1.10 bits per heavy atom. The van der Waals surface area contributed by atoms with E-state index < -0.39 is 5.97 Å². The second-order valence-electron chi connectivity index (χ2n) is 7.32. The van der Waals surface area contributed by atoms with Gasteiger partial charge in [-0.05, 0) is 47.0 Å². The molecule has 4 aromatic rings. The second kappa shape index (κ2) is 7.65. The summed E-state index contributed by atoms with van der Waals surface area (Å²) in [6.45, 7) is 0.791. The fourth-order valence-corrected chi connectivity index (χ4v) is 4.01. The summed E-state index contributed by atoms with van der Waals surface area (Å²) < 4.78 is 12.6. The highest BCUT2D eigenvalue weighted by Gasteiger charge is 2.21. The average molecular weight is 412 g/mol. The average Bonchev–Trinajstić information content (AvgIpc) is 3.03. The van der Waals surface area contributed by atoms with Gasteiger partial charge in [-0.25, -0.2) is 9.59 Å². The van der Waals surface area contributed by atoms with Crippen molar-refractivity contribution in [3.05, 3.63) is 106 Å². The van der Waals surface area contributed by atoms with Gasteiger partial charge in [0.25, 0.3) is 0 Å². The van der Waals surface area contributed by atoms with Crippen LogP contribution in [-0.2, 0) is 17.9 Å². The molecule has 1 N–H and O–H groups in total. The fourth-order valence-electron chi connectivity index (χ4n) is 4.01. The van der Waals surface area contributed by atoms with E-state index in [1.165, 1.54) is 7.11 Å². The van der Waals surface area contributed by atoms with Crippen LogP contribution in [0.4, 0.5) is 0 Å². The number of benzene rings is 3. The Labute approximate surface area is 178 Å². The molecule has 5 rings (SSSR count). The van der Waals surface area contributed by atoms with E-state index in [0.717, 1.165) is 33.3 Å². The third kappa shape index (κ3) is 3.32. The van der Waals surface area contributed by atoms with Crippen molar-refractivity contribution >= 4 is 22.6 Å². The molecule has 0 saturated heterocycles. The zero-order valence-electron chi connectivity index (χ0n) is 16.9. The lowest BCUT2D eigenvalue weighted by Gasteiger charge is -2.12. The summed E-state index contributed by atoms with van der Waals surface area (Å²) in [5, 5.41) is 0. The van der Waals surface area contributed by atoms with Crippen LogP contribution in [0.1, 0.15) is 27.0 Å². The number of esters is 1. The van der Waals surface area contributed by atoms with Crippen molar-refractivity contribution in [2.24, 2.45) is 0 Å². The fraction of sp³-hybridized carbons (Fsp3) is 0.120. The summed E-state index contributed by atoms with van der Waals surface area (Å²) in [6, 6.07) is 20.9. The van der Waals surface area contributed by atoms with Gasteiger partial charge in [-0.15, -0.1) is 0 Å². The van der Waals surface area contributed by atoms with E-state index >= 15 is 0 Å². The normalized spacial score (nSPS) is 13.9. The standard InChI is InChI=1S/C25H20N2O4/c1-30-24(28)16-10-11-23-20(14-16)19(18-7-3-2-6-17(18)15-31-23)12-13-27-22-9-5-4-8-21(22)26-25(27)29/h2-12,14H,13,15H2,1H3,(H,26,29). The number of nitrogens with zero attached hydrogens (tertiary/aromatic N) is 1. The van der Waals surface area contributed by atoms with Crippen LogP contribution in [-0.4, -0.2) is 22.6 Å². The monoisotopic (exact) mass is 412 g/mol. The number of hydrogen-bond acceptors (Lipinski definition) is 4. The van der Waals surface area contributed by atoms with Crippen LogP contribution in [0.3, 0.4) is 0 Å². The number of nitrogens with one attached hydrogen (secondary N) is 1. The number of fused-ring (bicyclic) bond motifs is 3. The molecule has 6 heteroatoms. The topological polar surface area (TPSA) is 73.3 Å². The summed E-state index contributed by atoms with van der Waals surface area (Å²) in [5.41, 5.74) is 5.66. The molecule has 1 aromatic heterocycles. The zero-order chi connectivity index (χ0) is 21.4. The van der Waals surface area contributed by atoms with Crippen molar-refractivity contribution < 1.29 is 14.3 Å². The molecular formula is C25H20N2O4. The number of H-pyrrole nitrogens is 1. The summed E-state index contributed by atoms with van der Waals surface area (Å²) in [7, 11) is 1.36. The molecule has 0 saturated carbocycles. The number of carbonyl (C=O) groups is 1. The van der Waals surface area contributed by atoms with Gasteiger partial charge < -0.3 is 14.5 Å². The number of ether oxygens (including phenoxy) is 2. The van der Waals surface area contributed by atoms with Crippen molar-refractivity contribution in [2.75, 3.05) is 7.11 Å². The number of hydrogen-bond donors (Lipinski definition) is 1. The Hall–Kier alpha value is -4.06. The van der Waals surface area contributed by atoms with Crippen LogP contribution in [0.2, 0.25) is 0 Å². The highest BCUT2D eigenvalue weighted by atomic mass is 16.5. The molecule has 6 nitrogen and oxygen atoms in total. The predicted molar refractivity (Wildman–Crippen MR) is 118 cm³/mol. The molecule has 0 bridgehead atoms. The Morgan fingerprint density at radius 3 is 2.77 bits per heavy atom. The van der Waals surface area contributed by atoms with Gasteiger partial charge >= 0.3 is 11.7 Å². The highest BCUT2D eigenvalue weighted by Crippen LogP contribution is 2.37. The maximum absolute atomic E-state index is 12.5. The Balaban J connectivity index is 1.68. The molecule has 3 aromatic carbocycles. The van der Waals surface area contributed by atoms with Crippen LogP contribution in [0, 0.1) is 0 Å². The third-order valence-corrected chi connectivity index (χ3v) is 5.54. The van der Waals surface area contributed by atoms with E-state index in [2.05, 4.69) is 4.98 Å². The Bertz CT molecular complexity index is 1390. The van der Waals surface area contributed by atoms with E-state index in [1.807, 2.05) is 54.6 Å². The lowest BCUT2D eigenvalue weighted by Crippen LogP contribution is -2.16. The van der Waals surface area contributed by atoms with Gasteiger partial charge in [0.2, 0.25) is 0 Å². The summed E-state index contributed by atoms with van der Waals surface area (Å²) in [4.78, 5) is 27.6. The lowest BCUT2D eigenvalue weighted by atomic mass is 9.93. The van der Waals surface area contributed by atoms with E-state index in [1.54, 1.807) is 22.8 Å². The summed E-state index contributed by atoms with van der Waals surface area (Å²) in [5.74, 6) is 0.272. The van der Waals surface area contributed by atoms with Gasteiger partial charge in [0.1, 0.15) is 12.4 Å². The molecule has 0 atom stereocenters. The van der Waals surface area contributed by atoms with Gasteiger partial charge in [0.15, 0.2) is 0 Å². The number of rotatable bonds is 3. The molecule has 1 aliphatic heterocycles. The van der Waals surface area contributed by atoms with Gasteiger partial charge in [-0.1, -0.05) is 42.5 Å². The third-order valence-electron chi connectivity index (χ3n) is 5.54. The highest BCUT2D eigenvalue weighted by molar-refractivity contribution is 5.93. The number of allylic oxidation sites excluding steroid dienone is 1. The van der Waals surface area contributed by atoms with Crippen molar-refractivity contribution in [3.8, 4) is 5.75 Å². The quantitative estimate of drug-likeness (QED) is 0.513. The molecule has 0 fully saturated rings. The maximum atomic E-state index is 12.5. The van der Waals surface area contributed by atoms with Gasteiger partial charge in [-0.2, -0.15) is 0 Å². The lowest BCUT2D eigenvalue weighted by molar-refractivity contribution is 0.0600. The summed E-state index contributed by atoms with van der Waals surface area (Å²) >= 11 is 0. The largest absolute Gasteiger partial charge is 0.488 e. The van der Waals surface area contributed by atoms with E-state index in [-0.39, 0.29) is 5.69 Å². The van der Waals surface area contributed by atoms with E-state index in [9.17, 15) is 9.59 Å². The predicted octanol–water partition coefficient (Wildman–Crippen LogP) is 4.14. The number of methoxy groups -OCH3 is 1. The molecule has 0 aliphatic carbocycles. The summed E-state index contributed by atoms with van der Waals surface area (Å²) in [6.07, 6.45) is 2.01. The molecule has 0 amide bonds. The SMILES string of the molecule is COC(=O)c1ccc2c(c1)C(=CCn1c(=O)[nH]c3ccccc31)c1ccccc1CO2. The molecule has 0 unspecified atom stereocenters.